The van der Waals surface area contributed by atoms with E-state index in [1.807, 2.05) is 26.0 Å². The number of hydrogen-bond donors (Lipinski definition) is 1. The van der Waals surface area contributed by atoms with Gasteiger partial charge < -0.3 is 9.84 Å². The molecule has 2 aromatic carbocycles. The molecule has 1 amide bonds. The molecule has 0 aliphatic carbocycles. The zero-order valence-corrected chi connectivity index (χ0v) is 15.6. The normalized spacial score (nSPS) is 10.7. The van der Waals surface area contributed by atoms with Gasteiger partial charge in [0.1, 0.15) is 5.75 Å². The lowest BCUT2D eigenvalue weighted by Crippen LogP contribution is -2.24. The first kappa shape index (κ1) is 19.4. The summed E-state index contributed by atoms with van der Waals surface area (Å²) in [7, 11) is 0. The van der Waals surface area contributed by atoms with Crippen molar-refractivity contribution in [1.29, 1.82) is 0 Å². The van der Waals surface area contributed by atoms with E-state index in [9.17, 15) is 20.0 Å². The summed E-state index contributed by atoms with van der Waals surface area (Å²) in [4.78, 5) is 21.8. The molecule has 2 rings (SSSR count). The standard InChI is InChI=1S/C17H16BrN3O5/c1-10-3-4-14(5-11(10)2)26-9-16(22)20-19-8-12-6-13(18)7-15(17(12)23)21(24)25/h3-8,23H,9H2,1-2H3,(H,20,22)/p-1/b19-8-. The molecule has 0 aliphatic rings. The van der Waals surface area contributed by atoms with Gasteiger partial charge in [-0.15, -0.1) is 0 Å². The lowest BCUT2D eigenvalue weighted by molar-refractivity contribution is -0.398. The maximum Gasteiger partial charge on any atom is 0.277 e. The largest absolute Gasteiger partial charge is 0.867 e. The molecule has 136 valence electrons. The Morgan fingerprint density at radius 2 is 2.04 bits per heavy atom. The summed E-state index contributed by atoms with van der Waals surface area (Å²) in [6.07, 6.45) is 1.05. The number of halogens is 1. The number of nitro groups is 1. The third-order valence-electron chi connectivity index (χ3n) is 3.50. The average Bonchev–Trinajstić information content (AvgIpc) is 2.58. The number of hydrazone groups is 1. The predicted octanol–water partition coefficient (Wildman–Crippen LogP) is 2.58. The fraction of sp³-hybridized carbons (Fsp3) is 0.176. The van der Waals surface area contributed by atoms with Crippen molar-refractivity contribution in [3.63, 3.8) is 0 Å². The van der Waals surface area contributed by atoms with Crippen molar-refractivity contribution >= 4 is 33.7 Å². The maximum atomic E-state index is 11.9. The quantitative estimate of drug-likeness (QED) is 0.437. The number of rotatable bonds is 6. The van der Waals surface area contributed by atoms with Crippen LogP contribution >= 0.6 is 15.9 Å². The number of hydrogen-bond acceptors (Lipinski definition) is 6. The molecule has 0 saturated heterocycles. The Morgan fingerprint density at radius 1 is 1.31 bits per heavy atom. The number of carbonyl (C=O) groups is 1. The number of carbonyl (C=O) groups excluding carboxylic acids is 1. The first-order valence-electron chi connectivity index (χ1n) is 7.45. The molecule has 0 heterocycles. The average molecular weight is 421 g/mol. The van der Waals surface area contributed by atoms with Crippen molar-refractivity contribution in [3.8, 4) is 11.5 Å². The molecule has 1 N–H and O–H groups in total. The number of amides is 1. The molecule has 9 heteroatoms. The number of benzene rings is 2. The molecule has 0 aliphatic heterocycles. The van der Waals surface area contributed by atoms with Gasteiger partial charge in [-0.05, 0) is 54.5 Å². The van der Waals surface area contributed by atoms with Crippen LogP contribution in [-0.4, -0.2) is 23.7 Å². The van der Waals surface area contributed by atoms with Crippen molar-refractivity contribution in [2.75, 3.05) is 6.61 Å². The molecular formula is C17H15BrN3O5-. The van der Waals surface area contributed by atoms with E-state index in [2.05, 4.69) is 26.5 Å². The van der Waals surface area contributed by atoms with Gasteiger partial charge in [-0.3, -0.25) is 14.9 Å². The Hall–Kier alpha value is -2.94. The third kappa shape index (κ3) is 5.03. The minimum atomic E-state index is -0.789. The van der Waals surface area contributed by atoms with Crippen LogP contribution in [0.15, 0.2) is 39.9 Å². The van der Waals surface area contributed by atoms with Gasteiger partial charge in [-0.2, -0.15) is 5.10 Å². The van der Waals surface area contributed by atoms with Gasteiger partial charge in [0.25, 0.3) is 11.6 Å². The Bertz CT molecular complexity index is 883. The summed E-state index contributed by atoms with van der Waals surface area (Å²) in [5, 5.41) is 26.4. The Labute approximate surface area is 157 Å². The Morgan fingerprint density at radius 3 is 2.69 bits per heavy atom. The predicted molar refractivity (Wildman–Crippen MR) is 97.4 cm³/mol. The molecule has 0 bridgehead atoms. The molecule has 0 aromatic heterocycles. The third-order valence-corrected chi connectivity index (χ3v) is 3.96. The fourth-order valence-electron chi connectivity index (χ4n) is 1.99. The highest BCUT2D eigenvalue weighted by Crippen LogP contribution is 2.30. The van der Waals surface area contributed by atoms with Crippen LogP contribution in [0.25, 0.3) is 0 Å². The van der Waals surface area contributed by atoms with Crippen LogP contribution in [0.3, 0.4) is 0 Å². The summed E-state index contributed by atoms with van der Waals surface area (Å²) in [5.41, 5.74) is 3.75. The highest BCUT2D eigenvalue weighted by Gasteiger charge is 2.11. The van der Waals surface area contributed by atoms with Crippen LogP contribution in [0, 0.1) is 24.0 Å². The van der Waals surface area contributed by atoms with Crippen molar-refractivity contribution < 1.29 is 19.6 Å². The summed E-state index contributed by atoms with van der Waals surface area (Å²) in [6.45, 7) is 3.64. The van der Waals surface area contributed by atoms with E-state index in [1.54, 1.807) is 6.07 Å². The van der Waals surface area contributed by atoms with E-state index < -0.39 is 22.3 Å². The van der Waals surface area contributed by atoms with Gasteiger partial charge in [-0.25, -0.2) is 5.43 Å². The number of ether oxygens (including phenoxy) is 1. The summed E-state index contributed by atoms with van der Waals surface area (Å²) in [5.74, 6) is -0.768. The van der Waals surface area contributed by atoms with Gasteiger partial charge in [-0.1, -0.05) is 22.0 Å². The molecule has 0 spiro atoms. The van der Waals surface area contributed by atoms with Crippen LogP contribution in [0.5, 0.6) is 11.5 Å². The Kier molecular flexibility index (Phi) is 6.29. The first-order chi connectivity index (χ1) is 12.3. The zero-order chi connectivity index (χ0) is 19.3. The number of nitrogens with one attached hydrogen (secondary N) is 1. The van der Waals surface area contributed by atoms with Crippen LogP contribution in [0.1, 0.15) is 16.7 Å². The smallest absolute Gasteiger partial charge is 0.277 e. The summed E-state index contributed by atoms with van der Waals surface area (Å²) in [6, 6.07) is 7.93. The number of aryl methyl sites for hydroxylation is 2. The molecule has 0 unspecified atom stereocenters. The van der Waals surface area contributed by atoms with Crippen molar-refractivity contribution in [2.24, 2.45) is 5.10 Å². The summed E-state index contributed by atoms with van der Waals surface area (Å²) >= 11 is 3.09. The minimum absolute atomic E-state index is 0.0264. The van der Waals surface area contributed by atoms with Gasteiger partial charge in [0, 0.05) is 10.5 Å². The summed E-state index contributed by atoms with van der Waals surface area (Å²) < 4.78 is 5.71. The number of nitrogens with zero attached hydrogens (tertiary/aromatic N) is 2. The molecular weight excluding hydrogens is 406 g/mol. The van der Waals surface area contributed by atoms with Gasteiger partial charge in [0.15, 0.2) is 6.61 Å². The molecule has 0 radical (unpaired) electrons. The van der Waals surface area contributed by atoms with Crippen molar-refractivity contribution in [2.45, 2.75) is 13.8 Å². The van der Waals surface area contributed by atoms with Crippen LogP contribution in [0.2, 0.25) is 0 Å². The molecule has 0 saturated carbocycles. The van der Waals surface area contributed by atoms with Crippen molar-refractivity contribution in [3.05, 3.63) is 61.6 Å². The number of nitro benzene ring substituents is 1. The van der Waals surface area contributed by atoms with E-state index in [-0.39, 0.29) is 12.2 Å². The molecule has 0 atom stereocenters. The lowest BCUT2D eigenvalue weighted by Gasteiger charge is -2.11. The SMILES string of the molecule is Cc1ccc(OCC(=O)N/N=C\c2cc(Br)cc([N+](=O)[O-])c2[O-])cc1C. The van der Waals surface area contributed by atoms with E-state index in [1.165, 1.54) is 6.07 Å². The van der Waals surface area contributed by atoms with Gasteiger partial charge >= 0.3 is 0 Å². The molecule has 8 nitrogen and oxygen atoms in total. The Balaban J connectivity index is 1.96. The van der Waals surface area contributed by atoms with E-state index in [0.29, 0.717) is 10.2 Å². The van der Waals surface area contributed by atoms with Crippen LogP contribution in [-0.2, 0) is 4.79 Å². The topological polar surface area (TPSA) is 117 Å². The second-order valence-corrected chi connectivity index (χ2v) is 6.34. The van der Waals surface area contributed by atoms with Crippen molar-refractivity contribution in [1.82, 2.24) is 5.43 Å². The monoisotopic (exact) mass is 420 g/mol. The lowest BCUT2D eigenvalue weighted by atomic mass is 10.1. The van der Waals surface area contributed by atoms with Gasteiger partial charge in [0.05, 0.1) is 11.1 Å². The van der Waals surface area contributed by atoms with Gasteiger partial charge in [0.2, 0.25) is 0 Å². The first-order valence-corrected chi connectivity index (χ1v) is 8.24. The van der Waals surface area contributed by atoms with Crippen LogP contribution < -0.4 is 15.3 Å². The second kappa shape index (κ2) is 8.43. The highest BCUT2D eigenvalue weighted by molar-refractivity contribution is 9.10. The maximum absolute atomic E-state index is 11.9. The highest BCUT2D eigenvalue weighted by atomic mass is 79.9. The van der Waals surface area contributed by atoms with E-state index in [0.717, 1.165) is 23.4 Å². The molecule has 2 aromatic rings. The second-order valence-electron chi connectivity index (χ2n) is 5.43. The van der Waals surface area contributed by atoms with Crippen LogP contribution in [0.4, 0.5) is 5.69 Å². The fourth-order valence-corrected chi connectivity index (χ4v) is 2.45. The zero-order valence-electron chi connectivity index (χ0n) is 14.0. The minimum Gasteiger partial charge on any atom is -0.867 e. The molecule has 0 fully saturated rings. The van der Waals surface area contributed by atoms with E-state index in [4.69, 9.17) is 4.74 Å². The molecule has 26 heavy (non-hydrogen) atoms. The van der Waals surface area contributed by atoms with E-state index >= 15 is 0 Å².